The minimum Gasteiger partial charge on any atom is -0.478 e. The molecule has 2 aromatic rings. The minimum atomic E-state index is -1.00. The zero-order chi connectivity index (χ0) is 23.8. The second-order valence-corrected chi connectivity index (χ2v) is 8.26. The fraction of sp³-hybridized carbons (Fsp3) is 0.375. The summed E-state index contributed by atoms with van der Waals surface area (Å²) >= 11 is 0. The maximum Gasteiger partial charge on any atom is 0.335 e. The minimum absolute atomic E-state index is 0.00672. The van der Waals surface area contributed by atoms with E-state index in [0.717, 1.165) is 5.56 Å². The zero-order valence-corrected chi connectivity index (χ0v) is 18.9. The Hall–Kier alpha value is -3.46. The lowest BCUT2D eigenvalue weighted by Gasteiger charge is -2.36. The molecule has 1 fully saturated rings. The van der Waals surface area contributed by atoms with Gasteiger partial charge in [0.05, 0.1) is 18.7 Å². The number of piperazine rings is 1. The summed E-state index contributed by atoms with van der Waals surface area (Å²) in [6.45, 7) is 7.26. The number of amides is 1. The van der Waals surface area contributed by atoms with Gasteiger partial charge in [0.15, 0.2) is 5.96 Å². The van der Waals surface area contributed by atoms with E-state index >= 15 is 0 Å². The van der Waals surface area contributed by atoms with E-state index in [1.54, 1.807) is 30.3 Å². The van der Waals surface area contributed by atoms with Gasteiger partial charge in [0.2, 0.25) is 5.91 Å². The highest BCUT2D eigenvalue weighted by molar-refractivity contribution is 5.95. The maximum absolute atomic E-state index is 13.2. The fourth-order valence-electron chi connectivity index (χ4n) is 3.52. The molecular formula is C24H30FN5O3. The number of aliphatic imine (C=N–C) groups is 1. The Labute approximate surface area is 193 Å². The van der Waals surface area contributed by atoms with Gasteiger partial charge in [0.25, 0.3) is 0 Å². The molecule has 176 valence electrons. The number of carbonyl (C=O) groups is 2. The van der Waals surface area contributed by atoms with Gasteiger partial charge in [-0.05, 0) is 49.7 Å². The van der Waals surface area contributed by atoms with Crippen LogP contribution in [0.5, 0.6) is 0 Å². The van der Waals surface area contributed by atoms with E-state index in [4.69, 9.17) is 4.99 Å². The molecule has 0 bridgehead atoms. The van der Waals surface area contributed by atoms with E-state index < -0.39 is 5.97 Å². The van der Waals surface area contributed by atoms with Crippen molar-refractivity contribution in [2.24, 2.45) is 4.99 Å². The third kappa shape index (κ3) is 7.57. The Bertz CT molecular complexity index is 986. The molecule has 2 aromatic carbocycles. The van der Waals surface area contributed by atoms with Crippen LogP contribution in [0.15, 0.2) is 53.5 Å². The SMILES string of the molecule is CC(C)NC(=O)CN1CCN(C(=NCc2ccc(F)cc2)Nc2cccc(C(=O)O)c2)CC1. The lowest BCUT2D eigenvalue weighted by molar-refractivity contribution is -0.123. The number of benzene rings is 2. The number of carbonyl (C=O) groups excluding carboxylic acids is 1. The summed E-state index contributed by atoms with van der Waals surface area (Å²) in [5.74, 6) is -0.693. The van der Waals surface area contributed by atoms with Gasteiger partial charge < -0.3 is 20.6 Å². The predicted molar refractivity (Wildman–Crippen MR) is 126 cm³/mol. The summed E-state index contributed by atoms with van der Waals surface area (Å²) < 4.78 is 13.2. The summed E-state index contributed by atoms with van der Waals surface area (Å²) in [7, 11) is 0. The van der Waals surface area contributed by atoms with Crippen LogP contribution in [-0.2, 0) is 11.3 Å². The molecule has 1 aliphatic heterocycles. The van der Waals surface area contributed by atoms with Gasteiger partial charge in [-0.3, -0.25) is 9.69 Å². The number of anilines is 1. The number of aromatic carboxylic acids is 1. The van der Waals surface area contributed by atoms with Crippen LogP contribution in [0.4, 0.5) is 10.1 Å². The second-order valence-electron chi connectivity index (χ2n) is 8.26. The Morgan fingerprint density at radius 3 is 2.42 bits per heavy atom. The number of rotatable bonds is 7. The molecule has 0 unspecified atom stereocenters. The average molecular weight is 456 g/mol. The Balaban J connectivity index is 1.71. The maximum atomic E-state index is 13.2. The van der Waals surface area contributed by atoms with Crippen molar-refractivity contribution in [3.05, 3.63) is 65.5 Å². The van der Waals surface area contributed by atoms with Gasteiger partial charge in [-0.1, -0.05) is 18.2 Å². The normalized spacial score (nSPS) is 14.9. The largest absolute Gasteiger partial charge is 0.478 e. The molecule has 33 heavy (non-hydrogen) atoms. The highest BCUT2D eigenvalue weighted by Gasteiger charge is 2.22. The Morgan fingerprint density at radius 2 is 1.79 bits per heavy atom. The van der Waals surface area contributed by atoms with Crippen LogP contribution in [0.3, 0.4) is 0 Å². The quantitative estimate of drug-likeness (QED) is 0.439. The number of carboxylic acids is 1. The highest BCUT2D eigenvalue weighted by Crippen LogP contribution is 2.14. The van der Waals surface area contributed by atoms with Crippen molar-refractivity contribution in [2.75, 3.05) is 38.0 Å². The van der Waals surface area contributed by atoms with E-state index in [1.807, 2.05) is 13.8 Å². The van der Waals surface area contributed by atoms with Crippen molar-refractivity contribution in [3.63, 3.8) is 0 Å². The molecule has 0 spiro atoms. The Kier molecular flexibility index (Phi) is 8.37. The molecule has 0 atom stereocenters. The van der Waals surface area contributed by atoms with Crippen molar-refractivity contribution in [3.8, 4) is 0 Å². The first-order valence-corrected chi connectivity index (χ1v) is 11.0. The molecule has 3 rings (SSSR count). The van der Waals surface area contributed by atoms with Crippen LogP contribution in [0.25, 0.3) is 0 Å². The topological polar surface area (TPSA) is 97.3 Å². The van der Waals surface area contributed by atoms with Crippen molar-refractivity contribution >= 4 is 23.5 Å². The van der Waals surface area contributed by atoms with Crippen LogP contribution >= 0.6 is 0 Å². The zero-order valence-electron chi connectivity index (χ0n) is 18.9. The number of guanidine groups is 1. The number of nitrogens with one attached hydrogen (secondary N) is 2. The number of hydrogen-bond donors (Lipinski definition) is 3. The smallest absolute Gasteiger partial charge is 0.335 e. The molecule has 1 amide bonds. The number of halogens is 1. The third-order valence-electron chi connectivity index (χ3n) is 5.18. The molecule has 0 radical (unpaired) electrons. The van der Waals surface area contributed by atoms with E-state index in [9.17, 15) is 19.1 Å². The van der Waals surface area contributed by atoms with Crippen LogP contribution in [0.1, 0.15) is 29.8 Å². The molecule has 1 heterocycles. The molecule has 9 heteroatoms. The van der Waals surface area contributed by atoms with Crippen LogP contribution in [0, 0.1) is 5.82 Å². The third-order valence-corrected chi connectivity index (χ3v) is 5.18. The predicted octanol–water partition coefficient (Wildman–Crippen LogP) is 2.63. The molecule has 1 saturated heterocycles. The van der Waals surface area contributed by atoms with Crippen molar-refractivity contribution in [2.45, 2.75) is 26.4 Å². The fourth-order valence-corrected chi connectivity index (χ4v) is 3.52. The van der Waals surface area contributed by atoms with Crippen LogP contribution < -0.4 is 10.6 Å². The van der Waals surface area contributed by atoms with Gasteiger partial charge >= 0.3 is 5.97 Å². The second kappa shape index (κ2) is 11.4. The van der Waals surface area contributed by atoms with Gasteiger partial charge in [-0.2, -0.15) is 0 Å². The van der Waals surface area contributed by atoms with E-state index in [0.29, 0.717) is 50.9 Å². The van der Waals surface area contributed by atoms with Crippen molar-refractivity contribution in [1.29, 1.82) is 0 Å². The standard InChI is InChI=1S/C24H30FN5O3/c1-17(2)27-22(31)16-29-10-12-30(13-11-29)24(26-15-18-6-8-20(25)9-7-18)28-21-5-3-4-19(14-21)23(32)33/h3-9,14,17H,10-13,15-16H2,1-2H3,(H,26,28)(H,27,31)(H,32,33). The number of hydrogen-bond acceptors (Lipinski definition) is 4. The van der Waals surface area contributed by atoms with E-state index in [-0.39, 0.29) is 23.3 Å². The Morgan fingerprint density at radius 1 is 1.09 bits per heavy atom. The molecule has 3 N–H and O–H groups in total. The number of nitrogens with zero attached hydrogens (tertiary/aromatic N) is 3. The van der Waals surface area contributed by atoms with Gasteiger partial charge in [0, 0.05) is 37.9 Å². The first-order chi connectivity index (χ1) is 15.8. The summed E-state index contributed by atoms with van der Waals surface area (Å²) in [6.07, 6.45) is 0. The average Bonchev–Trinajstić information content (AvgIpc) is 2.78. The van der Waals surface area contributed by atoms with Gasteiger partial charge in [-0.25, -0.2) is 14.2 Å². The van der Waals surface area contributed by atoms with Crippen LogP contribution in [0.2, 0.25) is 0 Å². The first kappa shape index (κ1) is 24.2. The highest BCUT2D eigenvalue weighted by atomic mass is 19.1. The van der Waals surface area contributed by atoms with Gasteiger partial charge in [0.1, 0.15) is 5.82 Å². The molecule has 8 nitrogen and oxygen atoms in total. The molecule has 0 aliphatic carbocycles. The van der Waals surface area contributed by atoms with E-state index in [1.165, 1.54) is 18.2 Å². The van der Waals surface area contributed by atoms with Crippen molar-refractivity contribution in [1.82, 2.24) is 15.1 Å². The lowest BCUT2D eigenvalue weighted by Crippen LogP contribution is -2.53. The summed E-state index contributed by atoms with van der Waals surface area (Å²) in [5, 5.41) is 15.4. The molecular weight excluding hydrogens is 425 g/mol. The monoisotopic (exact) mass is 455 g/mol. The summed E-state index contributed by atoms with van der Waals surface area (Å²) in [5.41, 5.74) is 1.66. The lowest BCUT2D eigenvalue weighted by atomic mass is 10.2. The molecule has 0 saturated carbocycles. The van der Waals surface area contributed by atoms with E-state index in [2.05, 4.69) is 20.4 Å². The summed E-state index contributed by atoms with van der Waals surface area (Å²) in [6, 6.07) is 12.8. The van der Waals surface area contributed by atoms with Crippen LogP contribution in [-0.4, -0.2) is 71.5 Å². The van der Waals surface area contributed by atoms with Crippen molar-refractivity contribution < 1.29 is 19.1 Å². The molecule has 1 aliphatic rings. The first-order valence-electron chi connectivity index (χ1n) is 11.0. The number of carboxylic acid groups (broad SMARTS) is 1. The van der Waals surface area contributed by atoms with Gasteiger partial charge in [-0.15, -0.1) is 0 Å². The summed E-state index contributed by atoms with van der Waals surface area (Å²) in [4.78, 5) is 32.3. The molecule has 0 aromatic heterocycles.